The van der Waals surface area contributed by atoms with Crippen LogP contribution in [0.1, 0.15) is 25.0 Å². The Morgan fingerprint density at radius 2 is 2.06 bits per heavy atom. The van der Waals surface area contributed by atoms with E-state index in [4.69, 9.17) is 0 Å². The van der Waals surface area contributed by atoms with E-state index >= 15 is 0 Å². The Morgan fingerprint density at radius 3 is 2.53 bits per heavy atom. The lowest BCUT2D eigenvalue weighted by molar-refractivity contribution is -0.385. The Morgan fingerprint density at radius 1 is 1.41 bits per heavy atom. The second-order valence-corrected chi connectivity index (χ2v) is 4.73. The fourth-order valence-corrected chi connectivity index (χ4v) is 1.96. The first-order valence-electron chi connectivity index (χ1n) is 5.87. The van der Waals surface area contributed by atoms with Gasteiger partial charge in [0.15, 0.2) is 0 Å². The highest BCUT2D eigenvalue weighted by Crippen LogP contribution is 2.22. The summed E-state index contributed by atoms with van der Waals surface area (Å²) in [6.07, 6.45) is 0.687. The number of nitrogens with zero attached hydrogens (tertiary/aromatic N) is 1. The largest absolute Gasteiger partial charge is 0.316 e. The maximum atomic E-state index is 11.0. The summed E-state index contributed by atoms with van der Waals surface area (Å²) in [5, 5.41) is 14.2. The summed E-state index contributed by atoms with van der Waals surface area (Å²) in [4.78, 5) is 10.7. The van der Waals surface area contributed by atoms with Crippen LogP contribution >= 0.6 is 0 Å². The van der Waals surface area contributed by atoms with Crippen LogP contribution in [0.5, 0.6) is 0 Å². The van der Waals surface area contributed by atoms with Crippen LogP contribution < -0.4 is 5.32 Å². The Hall–Kier alpha value is -1.42. The minimum Gasteiger partial charge on any atom is -0.316 e. The molecule has 1 unspecified atom stereocenters. The van der Waals surface area contributed by atoms with Gasteiger partial charge in [-0.3, -0.25) is 10.1 Å². The van der Waals surface area contributed by atoms with Gasteiger partial charge in [-0.05, 0) is 32.4 Å². The molecule has 94 valence electrons. The van der Waals surface area contributed by atoms with Crippen LogP contribution in [0.25, 0.3) is 0 Å². The Kier molecular flexibility index (Phi) is 4.63. The molecule has 0 aliphatic heterocycles. The van der Waals surface area contributed by atoms with Crippen molar-refractivity contribution in [2.45, 2.75) is 33.2 Å². The molecule has 0 spiro atoms. The molecular weight excluding hydrogens is 216 g/mol. The van der Waals surface area contributed by atoms with Gasteiger partial charge in [-0.2, -0.15) is 0 Å². The van der Waals surface area contributed by atoms with E-state index in [-0.39, 0.29) is 16.7 Å². The summed E-state index contributed by atoms with van der Waals surface area (Å²) in [5.41, 5.74) is 2.09. The number of likely N-dealkylation sites (N-methyl/N-ethyl adjacent to an activating group) is 1. The average molecular weight is 236 g/mol. The molecule has 0 aliphatic rings. The molecule has 0 radical (unpaired) electrons. The van der Waals surface area contributed by atoms with Gasteiger partial charge in [-0.1, -0.05) is 25.5 Å². The summed E-state index contributed by atoms with van der Waals surface area (Å²) in [5.74, 6) is 0.445. The van der Waals surface area contributed by atoms with Crippen molar-refractivity contribution in [3.05, 3.63) is 39.4 Å². The third-order valence-electron chi connectivity index (χ3n) is 3.05. The van der Waals surface area contributed by atoms with Crippen LogP contribution in [0, 0.1) is 23.0 Å². The Labute approximate surface area is 102 Å². The minimum atomic E-state index is -0.304. The highest BCUT2D eigenvalue weighted by molar-refractivity contribution is 5.43. The molecule has 1 atom stereocenters. The van der Waals surface area contributed by atoms with E-state index < -0.39 is 0 Å². The second-order valence-electron chi connectivity index (χ2n) is 4.73. The average Bonchev–Trinajstić information content (AvgIpc) is 2.25. The van der Waals surface area contributed by atoms with E-state index in [1.807, 2.05) is 20.0 Å². The number of nitro groups is 1. The van der Waals surface area contributed by atoms with Gasteiger partial charge in [0.1, 0.15) is 0 Å². The first-order chi connectivity index (χ1) is 7.95. The monoisotopic (exact) mass is 236 g/mol. The molecule has 0 heterocycles. The number of nitro benzene ring substituents is 1. The topological polar surface area (TPSA) is 55.2 Å². The lowest BCUT2D eigenvalue weighted by atomic mass is 9.95. The molecule has 1 rings (SSSR count). The molecule has 0 bridgehead atoms. The molecule has 17 heavy (non-hydrogen) atoms. The van der Waals surface area contributed by atoms with E-state index in [0.29, 0.717) is 12.3 Å². The van der Waals surface area contributed by atoms with Gasteiger partial charge in [0.05, 0.1) is 4.92 Å². The van der Waals surface area contributed by atoms with Crippen molar-refractivity contribution in [3.8, 4) is 0 Å². The summed E-state index contributed by atoms with van der Waals surface area (Å²) >= 11 is 0. The second kappa shape index (κ2) is 5.77. The molecule has 0 aromatic heterocycles. The van der Waals surface area contributed by atoms with Crippen LogP contribution in [0.4, 0.5) is 5.69 Å². The van der Waals surface area contributed by atoms with Crippen molar-refractivity contribution < 1.29 is 4.92 Å². The Balaban J connectivity index is 3.03. The maximum absolute atomic E-state index is 11.0. The van der Waals surface area contributed by atoms with Crippen molar-refractivity contribution >= 4 is 5.69 Å². The number of hydrogen-bond acceptors (Lipinski definition) is 3. The standard InChI is InChI=1S/C13H20N2O2/c1-9(2)12(14-4)8-11-7-10(3)5-6-13(11)15(16)17/h5-7,9,12,14H,8H2,1-4H3. The van der Waals surface area contributed by atoms with Crippen LogP contribution in [0.15, 0.2) is 18.2 Å². The molecule has 1 N–H and O–H groups in total. The van der Waals surface area contributed by atoms with E-state index in [1.54, 1.807) is 12.1 Å². The highest BCUT2D eigenvalue weighted by Gasteiger charge is 2.19. The summed E-state index contributed by atoms with van der Waals surface area (Å²) < 4.78 is 0. The quantitative estimate of drug-likeness (QED) is 0.631. The van der Waals surface area contributed by atoms with E-state index in [1.165, 1.54) is 0 Å². The zero-order valence-electron chi connectivity index (χ0n) is 10.9. The SMILES string of the molecule is CNC(Cc1cc(C)ccc1[N+](=O)[O-])C(C)C. The van der Waals surface area contributed by atoms with Crippen molar-refractivity contribution in [1.82, 2.24) is 5.32 Å². The van der Waals surface area contributed by atoms with Crippen LogP contribution in [0.2, 0.25) is 0 Å². The van der Waals surface area contributed by atoms with E-state index in [0.717, 1.165) is 11.1 Å². The number of aryl methyl sites for hydroxylation is 1. The van der Waals surface area contributed by atoms with Crippen molar-refractivity contribution in [2.24, 2.45) is 5.92 Å². The third-order valence-corrected chi connectivity index (χ3v) is 3.05. The van der Waals surface area contributed by atoms with Gasteiger partial charge in [-0.25, -0.2) is 0 Å². The number of rotatable bonds is 5. The smallest absolute Gasteiger partial charge is 0.272 e. The molecule has 0 aliphatic carbocycles. The summed E-state index contributed by atoms with van der Waals surface area (Å²) in [6.45, 7) is 6.18. The fraction of sp³-hybridized carbons (Fsp3) is 0.538. The van der Waals surface area contributed by atoms with E-state index in [2.05, 4.69) is 19.2 Å². The van der Waals surface area contributed by atoms with Crippen molar-refractivity contribution in [3.63, 3.8) is 0 Å². The fourth-order valence-electron chi connectivity index (χ4n) is 1.96. The molecule has 0 saturated heterocycles. The van der Waals surface area contributed by atoms with Crippen molar-refractivity contribution in [2.75, 3.05) is 7.05 Å². The molecule has 1 aromatic carbocycles. The first-order valence-corrected chi connectivity index (χ1v) is 5.87. The predicted octanol–water partition coefficient (Wildman–Crippen LogP) is 2.69. The number of benzene rings is 1. The summed E-state index contributed by atoms with van der Waals surface area (Å²) in [6, 6.07) is 5.55. The van der Waals surface area contributed by atoms with Gasteiger partial charge >= 0.3 is 0 Å². The van der Waals surface area contributed by atoms with Gasteiger partial charge in [0.25, 0.3) is 5.69 Å². The van der Waals surface area contributed by atoms with Crippen molar-refractivity contribution in [1.29, 1.82) is 0 Å². The molecule has 0 saturated carbocycles. The zero-order valence-corrected chi connectivity index (χ0v) is 10.9. The highest BCUT2D eigenvalue weighted by atomic mass is 16.6. The maximum Gasteiger partial charge on any atom is 0.272 e. The number of nitrogens with one attached hydrogen (secondary N) is 1. The summed E-state index contributed by atoms with van der Waals surface area (Å²) in [7, 11) is 1.90. The van der Waals surface area contributed by atoms with Gasteiger partial charge in [-0.15, -0.1) is 0 Å². The molecular formula is C13H20N2O2. The molecule has 0 fully saturated rings. The van der Waals surface area contributed by atoms with Crippen LogP contribution in [0.3, 0.4) is 0 Å². The third kappa shape index (κ3) is 3.53. The van der Waals surface area contributed by atoms with Crippen LogP contribution in [-0.4, -0.2) is 18.0 Å². The lowest BCUT2D eigenvalue weighted by Gasteiger charge is -2.20. The predicted molar refractivity (Wildman–Crippen MR) is 69.2 cm³/mol. The lowest BCUT2D eigenvalue weighted by Crippen LogP contribution is -2.32. The molecule has 4 heteroatoms. The first kappa shape index (κ1) is 13.6. The number of hydrogen-bond donors (Lipinski definition) is 1. The molecule has 0 amide bonds. The van der Waals surface area contributed by atoms with Gasteiger partial charge in [0.2, 0.25) is 0 Å². The van der Waals surface area contributed by atoms with Gasteiger partial charge in [0, 0.05) is 17.7 Å². The zero-order chi connectivity index (χ0) is 13.0. The Bertz CT molecular complexity index is 402. The van der Waals surface area contributed by atoms with Crippen LogP contribution in [-0.2, 0) is 6.42 Å². The minimum absolute atomic E-state index is 0.219. The van der Waals surface area contributed by atoms with Gasteiger partial charge < -0.3 is 5.32 Å². The normalized spacial score (nSPS) is 12.8. The molecule has 1 aromatic rings. The van der Waals surface area contributed by atoms with E-state index in [9.17, 15) is 10.1 Å². The molecule has 4 nitrogen and oxygen atoms in total.